The van der Waals surface area contributed by atoms with Crippen molar-refractivity contribution in [3.05, 3.63) is 42.5 Å². The van der Waals surface area contributed by atoms with Crippen molar-refractivity contribution in [2.75, 3.05) is 0 Å². The van der Waals surface area contributed by atoms with Crippen molar-refractivity contribution >= 4 is 16.9 Å². The predicted molar refractivity (Wildman–Crippen MR) is 89.8 cm³/mol. The molecular weight excluding hydrogens is 290 g/mol. The minimum absolute atomic E-state index is 0.215. The monoisotopic (exact) mass is 311 g/mol. The number of nitrogens with two attached hydrogens (primary N) is 1. The Morgan fingerprint density at radius 3 is 2.91 bits per heavy atom. The van der Waals surface area contributed by atoms with Crippen LogP contribution in [0.5, 0.6) is 0 Å². The fraction of sp³-hybridized carbons (Fsp3) is 0.333. The van der Waals surface area contributed by atoms with Crippen LogP contribution in [0, 0.1) is 0 Å². The van der Waals surface area contributed by atoms with Gasteiger partial charge in [0.25, 0.3) is 0 Å². The highest BCUT2D eigenvalue weighted by atomic mass is 16.3. The second-order valence-electron chi connectivity index (χ2n) is 5.77. The number of para-hydroxylation sites is 1. The van der Waals surface area contributed by atoms with E-state index in [0.29, 0.717) is 6.42 Å². The zero-order valence-corrected chi connectivity index (χ0v) is 13.0. The van der Waals surface area contributed by atoms with E-state index in [-0.39, 0.29) is 5.91 Å². The molecule has 1 aromatic carbocycles. The number of amides is 1. The number of nitrogens with one attached hydrogen (secondary N) is 1. The first-order chi connectivity index (χ1) is 11.2. The van der Waals surface area contributed by atoms with Gasteiger partial charge in [-0.1, -0.05) is 25.0 Å². The molecule has 0 radical (unpaired) electrons. The minimum atomic E-state index is -0.215. The van der Waals surface area contributed by atoms with Crippen molar-refractivity contribution in [1.29, 1.82) is 0 Å². The van der Waals surface area contributed by atoms with Crippen molar-refractivity contribution in [2.45, 2.75) is 38.5 Å². The number of imidazole rings is 1. The number of aryl methyl sites for hydroxylation is 1. The molecule has 1 amide bonds. The molecule has 0 bridgehead atoms. The second-order valence-corrected chi connectivity index (χ2v) is 5.77. The summed E-state index contributed by atoms with van der Waals surface area (Å²) < 4.78 is 5.57. The fourth-order valence-corrected chi connectivity index (χ4v) is 2.78. The first kappa shape index (κ1) is 15.3. The number of rotatable bonds is 8. The molecule has 0 spiro atoms. The highest BCUT2D eigenvalue weighted by Crippen LogP contribution is 2.28. The maximum absolute atomic E-state index is 10.7. The first-order valence-corrected chi connectivity index (χ1v) is 8.03. The number of carbonyl (C=O) groups excluding carboxylic acids is 1. The summed E-state index contributed by atoms with van der Waals surface area (Å²) in [4.78, 5) is 18.5. The minimum Gasteiger partial charge on any atom is -0.464 e. The van der Waals surface area contributed by atoms with Crippen LogP contribution in [0.15, 0.2) is 41.1 Å². The Kier molecular flexibility index (Phi) is 4.76. The number of benzene rings is 1. The quantitative estimate of drug-likeness (QED) is 0.620. The SMILES string of the molecule is NC(=O)CCCCCCc1ncc(-c2cccc3ccoc23)[nH]1. The maximum Gasteiger partial charge on any atom is 0.217 e. The van der Waals surface area contributed by atoms with Crippen LogP contribution in [0.2, 0.25) is 0 Å². The van der Waals surface area contributed by atoms with Crippen LogP contribution < -0.4 is 5.73 Å². The van der Waals surface area contributed by atoms with E-state index in [1.54, 1.807) is 6.26 Å². The highest BCUT2D eigenvalue weighted by Gasteiger charge is 2.09. The average molecular weight is 311 g/mol. The zero-order chi connectivity index (χ0) is 16.1. The molecule has 0 saturated heterocycles. The molecule has 5 nitrogen and oxygen atoms in total. The van der Waals surface area contributed by atoms with Crippen LogP contribution in [0.4, 0.5) is 0 Å². The molecule has 0 aliphatic carbocycles. The topological polar surface area (TPSA) is 84.9 Å². The third-order valence-corrected chi connectivity index (χ3v) is 3.98. The Bertz CT molecular complexity index is 788. The van der Waals surface area contributed by atoms with E-state index in [0.717, 1.165) is 60.2 Å². The number of H-pyrrole nitrogens is 1. The van der Waals surface area contributed by atoms with Gasteiger partial charge in [0.05, 0.1) is 18.2 Å². The number of fused-ring (bicyclic) bond motifs is 1. The molecule has 0 saturated carbocycles. The van der Waals surface area contributed by atoms with Crippen LogP contribution in [-0.2, 0) is 11.2 Å². The lowest BCUT2D eigenvalue weighted by Crippen LogP contribution is -2.09. The van der Waals surface area contributed by atoms with Crippen LogP contribution >= 0.6 is 0 Å². The summed E-state index contributed by atoms with van der Waals surface area (Å²) in [6.07, 6.45) is 9.00. The number of aromatic nitrogens is 2. The molecule has 0 atom stereocenters. The van der Waals surface area contributed by atoms with Gasteiger partial charge in [-0.15, -0.1) is 0 Å². The largest absolute Gasteiger partial charge is 0.464 e. The lowest BCUT2D eigenvalue weighted by Gasteiger charge is -2.00. The molecule has 0 fully saturated rings. The summed E-state index contributed by atoms with van der Waals surface area (Å²) in [5.74, 6) is 0.770. The highest BCUT2D eigenvalue weighted by molar-refractivity contribution is 5.91. The Labute approximate surface area is 134 Å². The average Bonchev–Trinajstić information content (AvgIpc) is 3.19. The molecule has 3 aromatic rings. The summed E-state index contributed by atoms with van der Waals surface area (Å²) >= 11 is 0. The fourth-order valence-electron chi connectivity index (χ4n) is 2.78. The van der Waals surface area contributed by atoms with Gasteiger partial charge in [-0.3, -0.25) is 4.79 Å². The molecule has 120 valence electrons. The predicted octanol–water partition coefficient (Wildman–Crippen LogP) is 3.80. The second kappa shape index (κ2) is 7.13. The Morgan fingerprint density at radius 1 is 1.17 bits per heavy atom. The van der Waals surface area contributed by atoms with E-state index in [2.05, 4.69) is 9.97 Å². The van der Waals surface area contributed by atoms with Crippen molar-refractivity contribution < 1.29 is 9.21 Å². The summed E-state index contributed by atoms with van der Waals surface area (Å²) in [5.41, 5.74) is 8.03. The van der Waals surface area contributed by atoms with Gasteiger partial charge in [0.15, 0.2) is 0 Å². The summed E-state index contributed by atoms with van der Waals surface area (Å²) in [6.45, 7) is 0. The number of furan rings is 1. The van der Waals surface area contributed by atoms with E-state index in [4.69, 9.17) is 10.2 Å². The van der Waals surface area contributed by atoms with Crippen molar-refractivity contribution in [3.63, 3.8) is 0 Å². The standard InChI is InChI=1S/C18H21N3O2/c19-16(22)8-3-1-2-4-9-17-20-12-15(21-17)14-7-5-6-13-10-11-23-18(13)14/h5-7,10-12H,1-4,8-9H2,(H2,19,22)(H,20,21). The van der Waals surface area contributed by atoms with Gasteiger partial charge in [0, 0.05) is 23.8 Å². The first-order valence-electron chi connectivity index (χ1n) is 8.03. The molecule has 3 N–H and O–H groups in total. The van der Waals surface area contributed by atoms with Gasteiger partial charge in [0.1, 0.15) is 11.4 Å². The third-order valence-electron chi connectivity index (χ3n) is 3.98. The molecule has 2 heterocycles. The van der Waals surface area contributed by atoms with Gasteiger partial charge in [-0.2, -0.15) is 0 Å². The molecule has 2 aromatic heterocycles. The molecule has 3 rings (SSSR count). The molecule has 23 heavy (non-hydrogen) atoms. The number of hydrogen-bond donors (Lipinski definition) is 2. The maximum atomic E-state index is 10.7. The van der Waals surface area contributed by atoms with E-state index in [1.807, 2.05) is 30.5 Å². The summed E-state index contributed by atoms with van der Waals surface area (Å²) in [5, 5.41) is 1.09. The Hall–Kier alpha value is -2.56. The normalized spacial score (nSPS) is 11.1. The van der Waals surface area contributed by atoms with E-state index < -0.39 is 0 Å². The molecule has 5 heteroatoms. The summed E-state index contributed by atoms with van der Waals surface area (Å²) in [7, 11) is 0. The molecule has 0 unspecified atom stereocenters. The number of aromatic amines is 1. The Morgan fingerprint density at radius 2 is 2.04 bits per heavy atom. The van der Waals surface area contributed by atoms with Gasteiger partial charge >= 0.3 is 0 Å². The van der Waals surface area contributed by atoms with Crippen molar-refractivity contribution in [2.24, 2.45) is 5.73 Å². The van der Waals surface area contributed by atoms with E-state index in [9.17, 15) is 4.79 Å². The van der Waals surface area contributed by atoms with Gasteiger partial charge in [-0.05, 0) is 25.0 Å². The third kappa shape index (κ3) is 3.80. The lowest BCUT2D eigenvalue weighted by atomic mass is 10.1. The van der Waals surface area contributed by atoms with Gasteiger partial charge < -0.3 is 15.1 Å². The number of unbranched alkanes of at least 4 members (excludes halogenated alkanes) is 3. The van der Waals surface area contributed by atoms with Crippen LogP contribution in [-0.4, -0.2) is 15.9 Å². The summed E-state index contributed by atoms with van der Waals surface area (Å²) in [6, 6.07) is 8.05. The number of carbonyl (C=O) groups is 1. The van der Waals surface area contributed by atoms with E-state index >= 15 is 0 Å². The number of hydrogen-bond acceptors (Lipinski definition) is 3. The number of primary amides is 1. The van der Waals surface area contributed by atoms with E-state index in [1.165, 1.54) is 0 Å². The van der Waals surface area contributed by atoms with Crippen molar-refractivity contribution in [1.82, 2.24) is 9.97 Å². The van der Waals surface area contributed by atoms with Crippen molar-refractivity contribution in [3.8, 4) is 11.3 Å². The van der Waals surface area contributed by atoms with Crippen LogP contribution in [0.3, 0.4) is 0 Å². The number of nitrogens with zero attached hydrogens (tertiary/aromatic N) is 1. The smallest absolute Gasteiger partial charge is 0.217 e. The van der Waals surface area contributed by atoms with Gasteiger partial charge in [0.2, 0.25) is 5.91 Å². The Balaban J connectivity index is 1.56. The molecule has 0 aliphatic heterocycles. The lowest BCUT2D eigenvalue weighted by molar-refractivity contribution is -0.118. The molecular formula is C18H21N3O2. The van der Waals surface area contributed by atoms with Crippen LogP contribution in [0.25, 0.3) is 22.2 Å². The molecule has 0 aliphatic rings. The van der Waals surface area contributed by atoms with Crippen LogP contribution in [0.1, 0.15) is 37.9 Å². The zero-order valence-electron chi connectivity index (χ0n) is 13.0. The van der Waals surface area contributed by atoms with Gasteiger partial charge in [-0.25, -0.2) is 4.98 Å².